The first-order chi connectivity index (χ1) is 13.9. The molecule has 146 valence electrons. The first-order valence-corrected chi connectivity index (χ1v) is 9.22. The summed E-state index contributed by atoms with van der Waals surface area (Å²) in [6, 6.07) is 8.28. The van der Waals surface area contributed by atoms with Gasteiger partial charge in [-0.3, -0.25) is 4.68 Å². The highest BCUT2D eigenvalue weighted by Gasteiger charge is 2.26. The fourth-order valence-corrected chi connectivity index (χ4v) is 3.57. The maximum Gasteiger partial charge on any atom is 0.360 e. The third-order valence-electron chi connectivity index (χ3n) is 4.92. The molecule has 2 N–H and O–H groups in total. The number of pyridine rings is 1. The van der Waals surface area contributed by atoms with Crippen LogP contribution in [0, 0.1) is 17.1 Å². The van der Waals surface area contributed by atoms with Crippen LogP contribution in [0.4, 0.5) is 10.2 Å². The molecule has 0 saturated heterocycles. The van der Waals surface area contributed by atoms with Crippen LogP contribution in [-0.4, -0.2) is 21.7 Å². The standard InChI is InChI=1S/C20H19BFN5O2/c1-11-14-7-13(22)4-5-17(14)29-21(2)8-15-19(16(9-23)27(3)26-15)12-6-18(28-11)20(24)25-10-12/h4-7,10-11H,8H2,1-3H3,(H2,24,25). The van der Waals surface area contributed by atoms with E-state index in [4.69, 9.17) is 15.1 Å². The van der Waals surface area contributed by atoms with Gasteiger partial charge in [0.15, 0.2) is 11.6 Å². The molecule has 0 saturated carbocycles. The number of halogens is 1. The van der Waals surface area contributed by atoms with Crippen LogP contribution in [-0.2, 0) is 13.4 Å². The Morgan fingerprint density at radius 1 is 1.34 bits per heavy atom. The summed E-state index contributed by atoms with van der Waals surface area (Å²) in [5.41, 5.74) is 9.05. The van der Waals surface area contributed by atoms with Crippen molar-refractivity contribution in [3.05, 3.63) is 53.2 Å². The molecule has 1 unspecified atom stereocenters. The molecule has 0 fully saturated rings. The molecule has 1 aromatic carbocycles. The SMILES string of the molecule is CB1Cc2nn(C)c(C#N)c2-c2cnc(N)c(c2)OC(C)c2cc(F)ccc2O1. The summed E-state index contributed by atoms with van der Waals surface area (Å²) in [6.45, 7) is 3.43. The molecular formula is C20H19BFN5O2. The van der Waals surface area contributed by atoms with Crippen LogP contribution in [0.5, 0.6) is 11.5 Å². The number of nitrogens with two attached hydrogens (primary N) is 1. The van der Waals surface area contributed by atoms with E-state index in [1.807, 2.05) is 6.82 Å². The van der Waals surface area contributed by atoms with Gasteiger partial charge in [0.25, 0.3) is 0 Å². The average molecular weight is 391 g/mol. The van der Waals surface area contributed by atoms with Crippen LogP contribution < -0.4 is 15.1 Å². The first kappa shape index (κ1) is 18.8. The zero-order chi connectivity index (χ0) is 20.7. The summed E-state index contributed by atoms with van der Waals surface area (Å²) < 4.78 is 27.6. The fourth-order valence-electron chi connectivity index (χ4n) is 3.57. The van der Waals surface area contributed by atoms with Crippen LogP contribution in [0.1, 0.15) is 30.0 Å². The van der Waals surface area contributed by atoms with Gasteiger partial charge in [0, 0.05) is 36.3 Å². The zero-order valence-corrected chi connectivity index (χ0v) is 16.3. The van der Waals surface area contributed by atoms with Crippen molar-refractivity contribution in [2.24, 2.45) is 7.05 Å². The number of nitrogens with zero attached hydrogens (tertiary/aromatic N) is 4. The second-order valence-corrected chi connectivity index (χ2v) is 7.09. The molecule has 2 bridgehead atoms. The Hall–Kier alpha value is -3.54. The van der Waals surface area contributed by atoms with Gasteiger partial charge in [-0.1, -0.05) is 0 Å². The molecule has 0 amide bonds. The summed E-state index contributed by atoms with van der Waals surface area (Å²) in [4.78, 5) is 4.24. The molecule has 3 aromatic rings. The van der Waals surface area contributed by atoms with Crippen molar-refractivity contribution in [3.8, 4) is 28.7 Å². The van der Waals surface area contributed by atoms with Gasteiger partial charge in [0.2, 0.25) is 0 Å². The number of fused-ring (bicyclic) bond motifs is 5. The molecule has 4 rings (SSSR count). The number of nitrogen functional groups attached to an aromatic ring is 1. The second-order valence-electron chi connectivity index (χ2n) is 7.09. The Morgan fingerprint density at radius 2 is 2.14 bits per heavy atom. The summed E-state index contributed by atoms with van der Waals surface area (Å²) >= 11 is 0. The molecule has 0 spiro atoms. The highest BCUT2D eigenvalue weighted by molar-refractivity contribution is 6.50. The molecule has 1 aliphatic rings. The molecule has 0 aliphatic carbocycles. The summed E-state index contributed by atoms with van der Waals surface area (Å²) in [5, 5.41) is 14.2. The summed E-state index contributed by atoms with van der Waals surface area (Å²) in [6.07, 6.45) is 1.52. The molecule has 9 heteroatoms. The lowest BCUT2D eigenvalue weighted by Crippen LogP contribution is -2.23. The molecule has 29 heavy (non-hydrogen) atoms. The predicted octanol–water partition coefficient (Wildman–Crippen LogP) is 3.31. The lowest BCUT2D eigenvalue weighted by Gasteiger charge is -2.22. The smallest absolute Gasteiger partial charge is 0.360 e. The Kier molecular flexibility index (Phi) is 4.63. The van der Waals surface area contributed by atoms with Gasteiger partial charge in [-0.15, -0.1) is 0 Å². The second kappa shape index (κ2) is 7.13. The lowest BCUT2D eigenvalue weighted by molar-refractivity contribution is 0.224. The number of anilines is 1. The summed E-state index contributed by atoms with van der Waals surface area (Å²) in [7, 11) is 1.72. The first-order valence-electron chi connectivity index (χ1n) is 9.22. The van der Waals surface area contributed by atoms with E-state index in [-0.39, 0.29) is 18.6 Å². The van der Waals surface area contributed by atoms with Gasteiger partial charge in [-0.2, -0.15) is 10.4 Å². The number of nitriles is 1. The lowest BCUT2D eigenvalue weighted by atomic mass is 9.65. The van der Waals surface area contributed by atoms with E-state index >= 15 is 0 Å². The van der Waals surface area contributed by atoms with Gasteiger partial charge in [0.05, 0.1) is 5.69 Å². The van der Waals surface area contributed by atoms with Gasteiger partial charge < -0.3 is 15.1 Å². The maximum atomic E-state index is 13.9. The maximum absolute atomic E-state index is 13.9. The van der Waals surface area contributed by atoms with E-state index in [0.29, 0.717) is 45.9 Å². The van der Waals surface area contributed by atoms with Crippen molar-refractivity contribution in [3.63, 3.8) is 0 Å². The van der Waals surface area contributed by atoms with Crippen LogP contribution in [0.15, 0.2) is 30.5 Å². The molecule has 2 aromatic heterocycles. The van der Waals surface area contributed by atoms with Gasteiger partial charge in [0.1, 0.15) is 29.4 Å². The average Bonchev–Trinajstić information content (AvgIpc) is 2.98. The predicted molar refractivity (Wildman–Crippen MR) is 107 cm³/mol. The van der Waals surface area contributed by atoms with Gasteiger partial charge in [-0.05, 0) is 38.0 Å². The number of ether oxygens (including phenoxy) is 1. The summed E-state index contributed by atoms with van der Waals surface area (Å²) in [5.74, 6) is 0.687. The van der Waals surface area contributed by atoms with Crippen molar-refractivity contribution in [2.75, 3.05) is 5.73 Å². The minimum atomic E-state index is -0.532. The van der Waals surface area contributed by atoms with E-state index < -0.39 is 6.10 Å². The molecule has 0 radical (unpaired) electrons. The number of aromatic nitrogens is 3. The van der Waals surface area contributed by atoms with Crippen LogP contribution >= 0.6 is 0 Å². The van der Waals surface area contributed by atoms with Crippen molar-refractivity contribution in [1.29, 1.82) is 5.26 Å². The van der Waals surface area contributed by atoms with Crippen molar-refractivity contribution in [2.45, 2.75) is 26.2 Å². The largest absolute Gasteiger partial charge is 0.560 e. The molecular weight excluding hydrogens is 372 g/mol. The van der Waals surface area contributed by atoms with E-state index in [2.05, 4.69) is 16.2 Å². The van der Waals surface area contributed by atoms with Gasteiger partial charge >= 0.3 is 6.92 Å². The molecule has 1 atom stereocenters. The minimum Gasteiger partial charge on any atom is -0.560 e. The molecule has 1 aliphatic heterocycles. The Balaban J connectivity index is 1.93. The Morgan fingerprint density at radius 3 is 2.90 bits per heavy atom. The highest BCUT2D eigenvalue weighted by Crippen LogP contribution is 2.37. The van der Waals surface area contributed by atoms with Crippen LogP contribution in [0.3, 0.4) is 0 Å². The number of hydrogen-bond acceptors (Lipinski definition) is 6. The number of rotatable bonds is 0. The Labute approximate surface area is 168 Å². The molecule has 3 heterocycles. The van der Waals surface area contributed by atoms with Crippen molar-refractivity contribution >= 4 is 12.7 Å². The van der Waals surface area contributed by atoms with Crippen LogP contribution in [0.25, 0.3) is 11.1 Å². The highest BCUT2D eigenvalue weighted by atomic mass is 19.1. The monoisotopic (exact) mass is 391 g/mol. The zero-order valence-electron chi connectivity index (χ0n) is 16.3. The quantitative estimate of drug-likeness (QED) is 0.591. The third-order valence-corrected chi connectivity index (χ3v) is 4.92. The van der Waals surface area contributed by atoms with E-state index in [0.717, 1.165) is 0 Å². The van der Waals surface area contributed by atoms with Gasteiger partial charge in [-0.25, -0.2) is 9.37 Å². The number of benzene rings is 1. The van der Waals surface area contributed by atoms with Crippen molar-refractivity contribution < 1.29 is 13.8 Å². The number of hydrogen-bond donors (Lipinski definition) is 1. The van der Waals surface area contributed by atoms with E-state index in [9.17, 15) is 9.65 Å². The Bertz CT molecular complexity index is 1140. The van der Waals surface area contributed by atoms with Crippen molar-refractivity contribution in [1.82, 2.24) is 14.8 Å². The number of aryl methyl sites for hydroxylation is 1. The van der Waals surface area contributed by atoms with E-state index in [1.54, 1.807) is 37.0 Å². The molecule has 7 nitrogen and oxygen atoms in total. The fraction of sp³-hybridized carbons (Fsp3) is 0.250. The third kappa shape index (κ3) is 3.38. The van der Waals surface area contributed by atoms with Crippen LogP contribution in [0.2, 0.25) is 6.82 Å². The topological polar surface area (TPSA) is 99.0 Å². The van der Waals surface area contributed by atoms with E-state index in [1.165, 1.54) is 12.1 Å². The minimum absolute atomic E-state index is 0.203. The normalized spacial score (nSPS) is 15.7.